The van der Waals surface area contributed by atoms with Gasteiger partial charge < -0.3 is 10.2 Å². The Morgan fingerprint density at radius 2 is 1.71 bits per heavy atom. The second-order valence-corrected chi connectivity index (χ2v) is 8.27. The van der Waals surface area contributed by atoms with Gasteiger partial charge in [0, 0.05) is 31.0 Å². The molecule has 3 rings (SSSR count). The van der Waals surface area contributed by atoms with Crippen LogP contribution >= 0.6 is 15.9 Å². The van der Waals surface area contributed by atoms with Gasteiger partial charge in [0.05, 0.1) is 11.1 Å². The van der Waals surface area contributed by atoms with Crippen LogP contribution in [0.15, 0.2) is 53.0 Å². The molecule has 0 bridgehead atoms. The number of rotatable bonds is 8. The number of amides is 4. The van der Waals surface area contributed by atoms with Crippen molar-refractivity contribution in [2.75, 3.05) is 13.6 Å². The number of hydrogen-bond acceptors (Lipinski definition) is 4. The van der Waals surface area contributed by atoms with Crippen LogP contribution in [-0.2, 0) is 16.1 Å². The zero-order valence-corrected chi connectivity index (χ0v) is 19.0. The monoisotopic (exact) mass is 485 g/mol. The van der Waals surface area contributed by atoms with E-state index in [0.717, 1.165) is 10.0 Å². The first-order chi connectivity index (χ1) is 14.8. The lowest BCUT2D eigenvalue weighted by molar-refractivity contribution is -0.140. The molecule has 2 aromatic carbocycles. The fourth-order valence-electron chi connectivity index (χ4n) is 3.60. The molecular weight excluding hydrogens is 462 g/mol. The number of benzene rings is 2. The van der Waals surface area contributed by atoms with E-state index >= 15 is 0 Å². The molecule has 0 aliphatic carbocycles. The molecule has 0 aromatic heterocycles. The lowest BCUT2D eigenvalue weighted by atomic mass is 10.1. The standard InChI is InChI=1S/C23H24BrN3O4/c1-15(21(29)25-2)27(14-16-7-5-8-17(24)13-16)20(28)11-6-12-26-22(30)18-9-3-4-10-19(18)23(26)31/h3-5,7-10,13,15H,6,11-12,14H2,1-2H3,(H,25,29)/t15-/m0/s1. The van der Waals surface area contributed by atoms with E-state index in [4.69, 9.17) is 0 Å². The minimum absolute atomic E-state index is 0.114. The number of carbonyl (C=O) groups is 4. The van der Waals surface area contributed by atoms with Gasteiger partial charge in [-0.05, 0) is 43.2 Å². The van der Waals surface area contributed by atoms with Crippen molar-refractivity contribution in [3.05, 3.63) is 69.7 Å². The normalized spacial score (nSPS) is 13.7. The average Bonchev–Trinajstić information content (AvgIpc) is 3.01. The van der Waals surface area contributed by atoms with Gasteiger partial charge in [0.1, 0.15) is 6.04 Å². The van der Waals surface area contributed by atoms with E-state index < -0.39 is 6.04 Å². The Kier molecular flexibility index (Phi) is 7.22. The summed E-state index contributed by atoms with van der Waals surface area (Å²) < 4.78 is 0.885. The summed E-state index contributed by atoms with van der Waals surface area (Å²) in [7, 11) is 1.53. The predicted octanol–water partition coefficient (Wildman–Crippen LogP) is 2.99. The molecule has 7 nitrogen and oxygen atoms in total. The molecule has 1 aliphatic heterocycles. The summed E-state index contributed by atoms with van der Waals surface area (Å²) in [5.74, 6) is -1.15. The zero-order chi connectivity index (χ0) is 22.5. The molecule has 0 unspecified atom stereocenters. The number of imide groups is 1. The van der Waals surface area contributed by atoms with Crippen LogP contribution in [0, 0.1) is 0 Å². The molecule has 2 aromatic rings. The SMILES string of the molecule is CNC(=O)[C@H](C)N(Cc1cccc(Br)c1)C(=O)CCCN1C(=O)c2ccccc2C1=O. The second kappa shape index (κ2) is 9.87. The molecule has 8 heteroatoms. The first kappa shape index (κ1) is 22.7. The van der Waals surface area contributed by atoms with Gasteiger partial charge in [-0.25, -0.2) is 0 Å². The van der Waals surface area contributed by atoms with Crippen LogP contribution < -0.4 is 5.32 Å². The van der Waals surface area contributed by atoms with Crippen LogP contribution in [0.2, 0.25) is 0 Å². The molecule has 1 heterocycles. The lowest BCUT2D eigenvalue weighted by Gasteiger charge is -2.28. The first-order valence-electron chi connectivity index (χ1n) is 10.0. The summed E-state index contributed by atoms with van der Waals surface area (Å²) in [6.07, 6.45) is 0.433. The molecule has 1 aliphatic rings. The van der Waals surface area contributed by atoms with Gasteiger partial charge in [-0.3, -0.25) is 24.1 Å². The highest BCUT2D eigenvalue weighted by Crippen LogP contribution is 2.23. The van der Waals surface area contributed by atoms with Crippen LogP contribution in [0.4, 0.5) is 0 Å². The summed E-state index contributed by atoms with van der Waals surface area (Å²) in [5, 5.41) is 2.58. The molecular formula is C23H24BrN3O4. The minimum atomic E-state index is -0.657. The third-order valence-electron chi connectivity index (χ3n) is 5.31. The largest absolute Gasteiger partial charge is 0.357 e. The Morgan fingerprint density at radius 1 is 1.06 bits per heavy atom. The first-order valence-corrected chi connectivity index (χ1v) is 10.8. The Labute approximate surface area is 189 Å². The van der Waals surface area contributed by atoms with Gasteiger partial charge in [-0.2, -0.15) is 0 Å². The average molecular weight is 486 g/mol. The predicted molar refractivity (Wildman–Crippen MR) is 119 cm³/mol. The third kappa shape index (κ3) is 5.02. The number of likely N-dealkylation sites (N-methyl/N-ethyl adjacent to an activating group) is 1. The van der Waals surface area contributed by atoms with Crippen LogP contribution in [0.3, 0.4) is 0 Å². The van der Waals surface area contributed by atoms with E-state index in [-0.39, 0.29) is 43.1 Å². The van der Waals surface area contributed by atoms with Crippen molar-refractivity contribution in [2.45, 2.75) is 32.4 Å². The zero-order valence-electron chi connectivity index (χ0n) is 17.4. The van der Waals surface area contributed by atoms with Crippen molar-refractivity contribution >= 4 is 39.6 Å². The number of nitrogens with one attached hydrogen (secondary N) is 1. The van der Waals surface area contributed by atoms with Crippen LogP contribution in [0.25, 0.3) is 0 Å². The van der Waals surface area contributed by atoms with Crippen molar-refractivity contribution in [3.63, 3.8) is 0 Å². The van der Waals surface area contributed by atoms with Gasteiger partial charge in [0.2, 0.25) is 11.8 Å². The Morgan fingerprint density at radius 3 is 2.29 bits per heavy atom. The molecule has 1 atom stereocenters. The van der Waals surface area contributed by atoms with Crippen molar-refractivity contribution < 1.29 is 19.2 Å². The molecule has 0 spiro atoms. The maximum Gasteiger partial charge on any atom is 0.261 e. The van der Waals surface area contributed by atoms with Gasteiger partial charge in [0.15, 0.2) is 0 Å². The highest BCUT2D eigenvalue weighted by Gasteiger charge is 2.35. The van der Waals surface area contributed by atoms with E-state index in [2.05, 4.69) is 21.2 Å². The lowest BCUT2D eigenvalue weighted by Crippen LogP contribution is -2.46. The molecule has 0 saturated heterocycles. The highest BCUT2D eigenvalue weighted by molar-refractivity contribution is 9.10. The fraction of sp³-hybridized carbons (Fsp3) is 0.304. The van der Waals surface area contributed by atoms with Crippen molar-refractivity contribution in [1.82, 2.24) is 15.1 Å². The summed E-state index contributed by atoms with van der Waals surface area (Å²) >= 11 is 3.42. The minimum Gasteiger partial charge on any atom is -0.357 e. The van der Waals surface area contributed by atoms with Gasteiger partial charge in [-0.15, -0.1) is 0 Å². The van der Waals surface area contributed by atoms with Gasteiger partial charge in [-0.1, -0.05) is 40.2 Å². The maximum atomic E-state index is 13.0. The van der Waals surface area contributed by atoms with Crippen LogP contribution in [0.5, 0.6) is 0 Å². The smallest absolute Gasteiger partial charge is 0.261 e. The molecule has 0 fully saturated rings. The van der Waals surface area contributed by atoms with Crippen molar-refractivity contribution in [2.24, 2.45) is 0 Å². The van der Waals surface area contributed by atoms with Gasteiger partial charge >= 0.3 is 0 Å². The van der Waals surface area contributed by atoms with E-state index in [9.17, 15) is 19.2 Å². The summed E-state index contributed by atoms with van der Waals surface area (Å²) in [6, 6.07) is 13.6. The molecule has 1 N–H and O–H groups in total. The van der Waals surface area contributed by atoms with E-state index in [1.807, 2.05) is 24.3 Å². The summed E-state index contributed by atoms with van der Waals surface area (Å²) in [4.78, 5) is 52.8. The topological polar surface area (TPSA) is 86.8 Å². The number of fused-ring (bicyclic) bond motifs is 1. The molecule has 4 amide bonds. The Hall–Kier alpha value is -3.00. The Bertz CT molecular complexity index is 988. The quantitative estimate of drug-likeness (QED) is 0.582. The third-order valence-corrected chi connectivity index (χ3v) is 5.80. The molecule has 0 radical (unpaired) electrons. The van der Waals surface area contributed by atoms with E-state index in [1.165, 1.54) is 16.8 Å². The molecule has 0 saturated carbocycles. The van der Waals surface area contributed by atoms with E-state index in [1.54, 1.807) is 31.2 Å². The van der Waals surface area contributed by atoms with Crippen LogP contribution in [0.1, 0.15) is 46.0 Å². The number of carbonyl (C=O) groups excluding carboxylic acids is 4. The van der Waals surface area contributed by atoms with Gasteiger partial charge in [0.25, 0.3) is 11.8 Å². The second-order valence-electron chi connectivity index (χ2n) is 7.35. The van der Waals surface area contributed by atoms with Crippen molar-refractivity contribution in [1.29, 1.82) is 0 Å². The Balaban J connectivity index is 1.66. The number of halogens is 1. The van der Waals surface area contributed by atoms with Crippen molar-refractivity contribution in [3.8, 4) is 0 Å². The highest BCUT2D eigenvalue weighted by atomic mass is 79.9. The molecule has 162 valence electrons. The molecule has 31 heavy (non-hydrogen) atoms. The fourth-order valence-corrected chi connectivity index (χ4v) is 4.04. The number of hydrogen-bond donors (Lipinski definition) is 1. The maximum absolute atomic E-state index is 13.0. The summed E-state index contributed by atoms with van der Waals surface area (Å²) in [5.41, 5.74) is 1.67. The number of nitrogens with zero attached hydrogens (tertiary/aromatic N) is 2. The van der Waals surface area contributed by atoms with E-state index in [0.29, 0.717) is 17.5 Å². The summed E-state index contributed by atoms with van der Waals surface area (Å²) in [6.45, 7) is 2.11. The van der Waals surface area contributed by atoms with Crippen LogP contribution in [-0.4, -0.2) is 53.1 Å².